The summed E-state index contributed by atoms with van der Waals surface area (Å²) >= 11 is 0. The third-order valence-electron chi connectivity index (χ3n) is 1.99. The molecule has 0 spiro atoms. The van der Waals surface area contributed by atoms with Gasteiger partial charge in [0.15, 0.2) is 0 Å². The van der Waals surface area contributed by atoms with E-state index >= 15 is 0 Å². The van der Waals surface area contributed by atoms with E-state index in [-0.39, 0.29) is 17.6 Å². The van der Waals surface area contributed by atoms with Crippen LogP contribution in [-0.2, 0) is 12.0 Å². The Morgan fingerprint density at radius 3 is 2.57 bits per heavy atom. The lowest BCUT2D eigenvalue weighted by Crippen LogP contribution is -2.25. The van der Waals surface area contributed by atoms with Gasteiger partial charge in [0.1, 0.15) is 0 Å². The lowest BCUT2D eigenvalue weighted by Gasteiger charge is -2.17. The average Bonchev–Trinajstić information content (AvgIpc) is 2.07. The van der Waals surface area contributed by atoms with Crippen LogP contribution in [0.1, 0.15) is 26.5 Å². The second-order valence-corrected chi connectivity index (χ2v) is 4.28. The van der Waals surface area contributed by atoms with E-state index in [1.807, 2.05) is 20.8 Å². The Kier molecular flexibility index (Phi) is 3.06. The molecule has 4 nitrogen and oxygen atoms in total. The molecule has 0 saturated carbocycles. The molecule has 1 rings (SSSR count). The first kappa shape index (κ1) is 10.9. The van der Waals surface area contributed by atoms with Crippen LogP contribution in [0.25, 0.3) is 0 Å². The van der Waals surface area contributed by atoms with Crippen molar-refractivity contribution in [3.63, 3.8) is 0 Å². The smallest absolute Gasteiger partial charge is 0.253 e. The van der Waals surface area contributed by atoms with Crippen molar-refractivity contribution in [2.75, 3.05) is 6.61 Å². The molecule has 1 heterocycles. The molecule has 0 unspecified atom stereocenters. The van der Waals surface area contributed by atoms with Crippen molar-refractivity contribution in [3.05, 3.63) is 28.4 Å². The second-order valence-electron chi connectivity index (χ2n) is 4.28. The lowest BCUT2D eigenvalue weighted by molar-refractivity contribution is 0.273. The summed E-state index contributed by atoms with van der Waals surface area (Å²) in [7, 11) is 0. The van der Waals surface area contributed by atoms with Gasteiger partial charge in [0, 0.05) is 11.5 Å². The molecule has 0 aliphatic carbocycles. The Hall–Kier alpha value is -1.16. The van der Waals surface area contributed by atoms with Gasteiger partial charge in [-0.3, -0.25) is 9.36 Å². The monoisotopic (exact) mass is 196 g/mol. The van der Waals surface area contributed by atoms with Crippen LogP contribution in [0.3, 0.4) is 0 Å². The Morgan fingerprint density at radius 2 is 2.14 bits per heavy atom. The van der Waals surface area contributed by atoms with Gasteiger partial charge in [-0.15, -0.1) is 0 Å². The first-order valence-electron chi connectivity index (χ1n) is 4.63. The molecule has 0 radical (unpaired) electrons. The molecule has 0 fully saturated rings. The molecular formula is C10H16N2O2. The van der Waals surface area contributed by atoms with Crippen LogP contribution in [0.5, 0.6) is 0 Å². The van der Waals surface area contributed by atoms with Gasteiger partial charge in [-0.1, -0.05) is 20.8 Å². The van der Waals surface area contributed by atoms with Gasteiger partial charge in [0.25, 0.3) is 5.56 Å². The minimum atomic E-state index is -0.114. The minimum Gasteiger partial charge on any atom is -0.395 e. The number of aromatic nitrogens is 2. The van der Waals surface area contributed by atoms with Gasteiger partial charge in [-0.05, 0) is 0 Å². The predicted molar refractivity (Wildman–Crippen MR) is 54.3 cm³/mol. The summed E-state index contributed by atoms with van der Waals surface area (Å²) in [6, 6.07) is 1.52. The van der Waals surface area contributed by atoms with Crippen molar-refractivity contribution in [2.24, 2.45) is 0 Å². The molecular weight excluding hydrogens is 180 g/mol. The molecule has 14 heavy (non-hydrogen) atoms. The topological polar surface area (TPSA) is 55.1 Å². The highest BCUT2D eigenvalue weighted by atomic mass is 16.3. The van der Waals surface area contributed by atoms with Gasteiger partial charge < -0.3 is 5.11 Å². The number of nitrogens with zero attached hydrogens (tertiary/aromatic N) is 2. The average molecular weight is 196 g/mol. The van der Waals surface area contributed by atoms with E-state index in [0.29, 0.717) is 6.54 Å². The van der Waals surface area contributed by atoms with E-state index in [1.54, 1.807) is 0 Å². The number of hydrogen-bond donors (Lipinski definition) is 1. The molecule has 0 amide bonds. The van der Waals surface area contributed by atoms with Gasteiger partial charge >= 0.3 is 0 Å². The van der Waals surface area contributed by atoms with Crippen molar-refractivity contribution in [2.45, 2.75) is 32.7 Å². The fraction of sp³-hybridized carbons (Fsp3) is 0.600. The maximum Gasteiger partial charge on any atom is 0.253 e. The van der Waals surface area contributed by atoms with Gasteiger partial charge in [-0.2, -0.15) is 0 Å². The van der Waals surface area contributed by atoms with Gasteiger partial charge in [0.2, 0.25) is 0 Å². The van der Waals surface area contributed by atoms with Crippen molar-refractivity contribution < 1.29 is 5.11 Å². The van der Waals surface area contributed by atoms with Crippen LogP contribution >= 0.6 is 0 Å². The molecule has 0 bridgehead atoms. The molecule has 0 atom stereocenters. The summed E-state index contributed by atoms with van der Waals surface area (Å²) < 4.78 is 1.40. The summed E-state index contributed by atoms with van der Waals surface area (Å²) in [4.78, 5) is 15.7. The zero-order valence-electron chi connectivity index (χ0n) is 8.82. The number of aliphatic hydroxyl groups excluding tert-OH is 1. The first-order chi connectivity index (χ1) is 6.45. The van der Waals surface area contributed by atoms with Crippen LogP contribution in [0.15, 0.2) is 17.2 Å². The third kappa shape index (κ3) is 2.42. The number of rotatable bonds is 2. The van der Waals surface area contributed by atoms with Crippen molar-refractivity contribution in [1.82, 2.24) is 9.55 Å². The number of aliphatic hydroxyl groups is 1. The Labute approximate surface area is 83.2 Å². The summed E-state index contributed by atoms with van der Waals surface area (Å²) in [5.41, 5.74) is 0.549. The van der Waals surface area contributed by atoms with E-state index in [4.69, 9.17) is 5.11 Å². The van der Waals surface area contributed by atoms with E-state index in [0.717, 1.165) is 5.69 Å². The highest BCUT2D eigenvalue weighted by Gasteiger charge is 2.15. The molecule has 0 aromatic carbocycles. The van der Waals surface area contributed by atoms with E-state index < -0.39 is 0 Å². The quantitative estimate of drug-likeness (QED) is 0.750. The summed E-state index contributed by atoms with van der Waals surface area (Å²) in [6.07, 6.45) is 1.49. The van der Waals surface area contributed by atoms with Crippen LogP contribution in [0, 0.1) is 0 Å². The molecule has 4 heteroatoms. The number of hydrogen-bond acceptors (Lipinski definition) is 3. The van der Waals surface area contributed by atoms with Gasteiger partial charge in [0.05, 0.1) is 25.2 Å². The third-order valence-corrected chi connectivity index (χ3v) is 1.99. The van der Waals surface area contributed by atoms with E-state index in [9.17, 15) is 4.79 Å². The highest BCUT2D eigenvalue weighted by Crippen LogP contribution is 2.17. The first-order valence-corrected chi connectivity index (χ1v) is 4.63. The standard InChI is InChI=1S/C10H16N2O2/c1-10(2,3)8-6-9(14)12(4-5-13)7-11-8/h6-7,13H,4-5H2,1-3H3. The minimum absolute atomic E-state index is 0.0452. The van der Waals surface area contributed by atoms with Gasteiger partial charge in [-0.25, -0.2) is 4.98 Å². The van der Waals surface area contributed by atoms with Crippen LogP contribution in [-0.4, -0.2) is 21.3 Å². The zero-order valence-corrected chi connectivity index (χ0v) is 8.82. The van der Waals surface area contributed by atoms with Crippen molar-refractivity contribution >= 4 is 0 Å². The summed E-state index contributed by atoms with van der Waals surface area (Å²) in [5, 5.41) is 8.69. The molecule has 78 valence electrons. The van der Waals surface area contributed by atoms with Crippen LogP contribution < -0.4 is 5.56 Å². The largest absolute Gasteiger partial charge is 0.395 e. The molecule has 1 aromatic rings. The lowest BCUT2D eigenvalue weighted by atomic mass is 9.92. The fourth-order valence-corrected chi connectivity index (χ4v) is 1.11. The maximum atomic E-state index is 11.5. The Morgan fingerprint density at radius 1 is 1.50 bits per heavy atom. The maximum absolute atomic E-state index is 11.5. The second kappa shape index (κ2) is 3.92. The van der Waals surface area contributed by atoms with Crippen molar-refractivity contribution in [3.8, 4) is 0 Å². The molecule has 1 N–H and O–H groups in total. The molecule has 1 aromatic heterocycles. The normalized spacial score (nSPS) is 11.7. The van der Waals surface area contributed by atoms with Crippen LogP contribution in [0.2, 0.25) is 0 Å². The Bertz CT molecular complexity index is 363. The highest BCUT2D eigenvalue weighted by molar-refractivity contribution is 5.10. The SMILES string of the molecule is CC(C)(C)c1cc(=O)n(CCO)cn1. The Balaban J connectivity index is 3.07. The fourth-order valence-electron chi connectivity index (χ4n) is 1.11. The van der Waals surface area contributed by atoms with E-state index in [2.05, 4.69) is 4.98 Å². The zero-order chi connectivity index (χ0) is 10.8. The van der Waals surface area contributed by atoms with Crippen LogP contribution in [0.4, 0.5) is 0 Å². The molecule has 0 saturated heterocycles. The van der Waals surface area contributed by atoms with E-state index in [1.165, 1.54) is 17.0 Å². The summed E-state index contributed by atoms with van der Waals surface area (Å²) in [6.45, 7) is 6.27. The molecule has 0 aliphatic heterocycles. The predicted octanol–water partition coefficient (Wildman–Crippen LogP) is 0.533. The molecule has 0 aliphatic rings. The summed E-state index contributed by atoms with van der Waals surface area (Å²) in [5.74, 6) is 0. The van der Waals surface area contributed by atoms with Crippen molar-refractivity contribution in [1.29, 1.82) is 0 Å².